The molecule has 0 spiro atoms. The fraction of sp³-hybridized carbons (Fsp3) is 0.300. The third-order valence-electron chi connectivity index (χ3n) is 5.05. The van der Waals surface area contributed by atoms with Gasteiger partial charge in [-0.2, -0.15) is 4.31 Å². The van der Waals surface area contributed by atoms with Crippen LogP contribution in [0.5, 0.6) is 0 Å². The number of aromatic nitrogens is 1. The van der Waals surface area contributed by atoms with Gasteiger partial charge in [0, 0.05) is 23.8 Å². The van der Waals surface area contributed by atoms with Crippen LogP contribution in [0.2, 0.25) is 0 Å². The molecule has 2 aromatic carbocycles. The van der Waals surface area contributed by atoms with Crippen molar-refractivity contribution in [3.8, 4) is 0 Å². The minimum atomic E-state index is -3.54. The molecule has 1 atom stereocenters. The second kappa shape index (κ2) is 7.62. The first kappa shape index (κ1) is 19.0. The zero-order chi connectivity index (χ0) is 19.7. The van der Waals surface area contributed by atoms with Crippen LogP contribution < -0.4 is 5.32 Å². The molecule has 1 saturated heterocycles. The summed E-state index contributed by atoms with van der Waals surface area (Å²) in [5.41, 5.74) is 3.66. The zero-order valence-corrected chi connectivity index (χ0v) is 17.1. The van der Waals surface area contributed by atoms with Crippen LogP contribution in [0.1, 0.15) is 36.5 Å². The highest BCUT2D eigenvalue weighted by molar-refractivity contribution is 7.89. The Balaban J connectivity index is 1.51. The molecular formula is C20H21N3O3S2. The highest BCUT2D eigenvalue weighted by Crippen LogP contribution is 2.26. The van der Waals surface area contributed by atoms with Crippen molar-refractivity contribution < 1.29 is 13.2 Å². The van der Waals surface area contributed by atoms with E-state index in [9.17, 15) is 13.2 Å². The number of amides is 1. The number of carbonyl (C=O) groups is 1. The van der Waals surface area contributed by atoms with Gasteiger partial charge in [-0.1, -0.05) is 6.42 Å². The number of nitrogens with zero attached hydrogens (tertiary/aromatic N) is 2. The van der Waals surface area contributed by atoms with E-state index in [1.807, 2.05) is 25.1 Å². The quantitative estimate of drug-likeness (QED) is 0.695. The Morgan fingerprint density at radius 1 is 1.18 bits per heavy atom. The summed E-state index contributed by atoms with van der Waals surface area (Å²) in [4.78, 5) is 17.0. The van der Waals surface area contributed by atoms with E-state index in [4.69, 9.17) is 0 Å². The lowest BCUT2D eigenvalue weighted by Gasteiger charge is -2.32. The highest BCUT2D eigenvalue weighted by Gasteiger charge is 2.30. The number of benzene rings is 2. The summed E-state index contributed by atoms with van der Waals surface area (Å²) in [7, 11) is -3.54. The molecule has 3 aromatic rings. The molecular weight excluding hydrogens is 394 g/mol. The first-order valence-corrected chi connectivity index (χ1v) is 11.5. The van der Waals surface area contributed by atoms with Crippen LogP contribution >= 0.6 is 11.3 Å². The fourth-order valence-electron chi connectivity index (χ4n) is 3.48. The molecule has 1 amide bonds. The second-order valence-electron chi connectivity index (χ2n) is 6.97. The highest BCUT2D eigenvalue weighted by atomic mass is 32.2. The number of fused-ring (bicyclic) bond motifs is 1. The average Bonchev–Trinajstić information content (AvgIpc) is 3.16. The molecule has 146 valence electrons. The van der Waals surface area contributed by atoms with Gasteiger partial charge >= 0.3 is 0 Å². The maximum absolute atomic E-state index is 12.9. The van der Waals surface area contributed by atoms with Gasteiger partial charge in [0.15, 0.2) is 0 Å². The van der Waals surface area contributed by atoms with Crippen molar-refractivity contribution in [2.24, 2.45) is 0 Å². The van der Waals surface area contributed by atoms with Crippen molar-refractivity contribution in [1.82, 2.24) is 9.29 Å². The summed E-state index contributed by atoms with van der Waals surface area (Å²) in [6, 6.07) is 11.7. The molecule has 0 bridgehead atoms. The van der Waals surface area contributed by atoms with Crippen molar-refractivity contribution in [3.05, 3.63) is 53.5 Å². The summed E-state index contributed by atoms with van der Waals surface area (Å²) in [6.07, 6.45) is 2.81. The molecule has 6 nitrogen and oxygen atoms in total. The van der Waals surface area contributed by atoms with Crippen molar-refractivity contribution in [2.45, 2.75) is 37.1 Å². The number of rotatable bonds is 4. The van der Waals surface area contributed by atoms with E-state index < -0.39 is 10.0 Å². The number of hydrogen-bond acceptors (Lipinski definition) is 5. The topological polar surface area (TPSA) is 79.4 Å². The van der Waals surface area contributed by atoms with Crippen LogP contribution in [0.15, 0.2) is 52.9 Å². The lowest BCUT2D eigenvalue weighted by atomic mass is 10.1. The molecule has 28 heavy (non-hydrogen) atoms. The van der Waals surface area contributed by atoms with Crippen LogP contribution in [-0.2, 0) is 10.0 Å². The Morgan fingerprint density at radius 3 is 2.71 bits per heavy atom. The smallest absolute Gasteiger partial charge is 0.255 e. The van der Waals surface area contributed by atoms with Gasteiger partial charge in [0.2, 0.25) is 10.0 Å². The van der Waals surface area contributed by atoms with Crippen molar-refractivity contribution >= 4 is 43.2 Å². The normalized spacial score (nSPS) is 18.2. The standard InChI is InChI=1S/C20H21N3O3S2/c1-14-4-2-3-11-23(14)28(25,26)17-8-5-15(6-9-17)20(24)22-16-7-10-19-18(12-16)21-13-27-19/h5-10,12-14H,2-4,11H2,1H3,(H,22,24)/t14-/m1/s1. The van der Waals surface area contributed by atoms with Gasteiger partial charge in [0.25, 0.3) is 5.91 Å². The molecule has 0 radical (unpaired) electrons. The molecule has 0 aliphatic carbocycles. The van der Waals surface area contributed by atoms with E-state index >= 15 is 0 Å². The van der Waals surface area contributed by atoms with Gasteiger partial charge < -0.3 is 5.32 Å². The number of piperidine rings is 1. The molecule has 1 aromatic heterocycles. The Hall–Kier alpha value is -2.29. The molecule has 1 N–H and O–H groups in total. The molecule has 0 saturated carbocycles. The van der Waals surface area contributed by atoms with Gasteiger partial charge in [-0.15, -0.1) is 11.3 Å². The second-order valence-corrected chi connectivity index (χ2v) is 9.75. The van der Waals surface area contributed by atoms with E-state index in [1.165, 1.54) is 12.1 Å². The van der Waals surface area contributed by atoms with E-state index in [0.717, 1.165) is 29.5 Å². The van der Waals surface area contributed by atoms with Gasteiger partial charge in [-0.25, -0.2) is 13.4 Å². The van der Waals surface area contributed by atoms with E-state index in [0.29, 0.717) is 17.8 Å². The molecule has 4 rings (SSSR count). The lowest BCUT2D eigenvalue weighted by molar-refractivity contribution is 0.102. The Bertz CT molecular complexity index is 1110. The number of hydrogen-bond donors (Lipinski definition) is 1. The van der Waals surface area contributed by atoms with Gasteiger partial charge in [0.05, 0.1) is 20.6 Å². The fourth-order valence-corrected chi connectivity index (χ4v) is 5.84. The Labute approximate surface area is 168 Å². The van der Waals surface area contributed by atoms with Gasteiger partial charge in [0.1, 0.15) is 0 Å². The van der Waals surface area contributed by atoms with Crippen molar-refractivity contribution in [3.63, 3.8) is 0 Å². The van der Waals surface area contributed by atoms with Crippen LogP contribution in [0.3, 0.4) is 0 Å². The summed E-state index contributed by atoms with van der Waals surface area (Å²) in [6.45, 7) is 2.49. The van der Waals surface area contributed by atoms with Crippen LogP contribution in [0.25, 0.3) is 10.2 Å². The Kier molecular flexibility index (Phi) is 5.18. The predicted octanol–water partition coefficient (Wildman–Crippen LogP) is 4.11. The first-order chi connectivity index (χ1) is 13.4. The van der Waals surface area contributed by atoms with Crippen molar-refractivity contribution in [1.29, 1.82) is 0 Å². The van der Waals surface area contributed by atoms with E-state index in [1.54, 1.807) is 33.3 Å². The summed E-state index contributed by atoms with van der Waals surface area (Å²) >= 11 is 1.54. The first-order valence-electron chi connectivity index (χ1n) is 9.22. The average molecular weight is 416 g/mol. The molecule has 1 aliphatic rings. The predicted molar refractivity (Wildman–Crippen MR) is 111 cm³/mol. The minimum Gasteiger partial charge on any atom is -0.322 e. The molecule has 1 fully saturated rings. The summed E-state index contributed by atoms with van der Waals surface area (Å²) < 4.78 is 28.4. The third-order valence-corrected chi connectivity index (χ3v) is 7.89. The third kappa shape index (κ3) is 3.67. The van der Waals surface area contributed by atoms with E-state index in [2.05, 4.69) is 10.3 Å². The zero-order valence-electron chi connectivity index (χ0n) is 15.5. The van der Waals surface area contributed by atoms with Crippen molar-refractivity contribution in [2.75, 3.05) is 11.9 Å². The SMILES string of the molecule is C[C@@H]1CCCCN1S(=O)(=O)c1ccc(C(=O)Nc2ccc3scnc3c2)cc1. The van der Waals surface area contributed by atoms with Crippen LogP contribution in [0, 0.1) is 0 Å². The maximum atomic E-state index is 12.9. The summed E-state index contributed by atoms with van der Waals surface area (Å²) in [5.74, 6) is -0.287. The number of anilines is 1. The number of carbonyl (C=O) groups excluding carboxylic acids is 1. The Morgan fingerprint density at radius 2 is 1.96 bits per heavy atom. The molecule has 2 heterocycles. The number of nitrogens with one attached hydrogen (secondary N) is 1. The lowest BCUT2D eigenvalue weighted by Crippen LogP contribution is -2.41. The van der Waals surface area contributed by atoms with Crippen LogP contribution in [-0.4, -0.2) is 36.2 Å². The largest absolute Gasteiger partial charge is 0.322 e. The summed E-state index contributed by atoms with van der Waals surface area (Å²) in [5, 5.41) is 2.83. The molecule has 1 aliphatic heterocycles. The molecule has 0 unspecified atom stereocenters. The molecule has 8 heteroatoms. The number of thiazole rings is 1. The number of sulfonamides is 1. The minimum absolute atomic E-state index is 0.00218. The maximum Gasteiger partial charge on any atom is 0.255 e. The van der Waals surface area contributed by atoms with Gasteiger partial charge in [-0.3, -0.25) is 4.79 Å². The van der Waals surface area contributed by atoms with E-state index in [-0.39, 0.29) is 16.8 Å². The monoisotopic (exact) mass is 415 g/mol. The van der Waals surface area contributed by atoms with Crippen LogP contribution in [0.4, 0.5) is 5.69 Å². The van der Waals surface area contributed by atoms with Gasteiger partial charge in [-0.05, 0) is 62.2 Å².